The van der Waals surface area contributed by atoms with Crippen LogP contribution in [0.3, 0.4) is 0 Å². The SMILES string of the molecule is C.C.C.C.C.C.C.C.C.C.C.C.CC(=O)OCCO[N+](=O)c1ccc(C(=O)OCCOC(=O)c2ccc(N=C=O)cc2)cc1.CC(CCC(=O)OCCOC(=O)Nc1ccc(C(=O)OCCOC(=O)c2ccc(N=C=O)cc2)cc1)CCC(=O)OCCOC(=O)Nc1ccc(C(=O)OCCOC(=O)c2ccc(N=C=O)cc2)cc1. The second kappa shape index (κ2) is 65.5. The van der Waals surface area contributed by atoms with E-state index in [2.05, 4.69) is 30.3 Å². The van der Waals surface area contributed by atoms with Crippen LogP contribution in [0.15, 0.2) is 161 Å². The Morgan fingerprint density at radius 1 is 0.325 bits per heavy atom. The quantitative estimate of drug-likeness (QED) is 0.00913. The first kappa shape index (κ1) is 116. The third-order valence-corrected chi connectivity index (χ3v) is 13.0. The number of anilines is 2. The summed E-state index contributed by atoms with van der Waals surface area (Å²) >= 11 is 0. The molecule has 0 aliphatic heterocycles. The molecule has 2 amide bonds. The van der Waals surface area contributed by atoms with E-state index >= 15 is 0 Å². The lowest BCUT2D eigenvalue weighted by molar-refractivity contribution is -0.745. The minimum Gasteiger partial charge on any atom is -0.462 e. The van der Waals surface area contributed by atoms with Crippen molar-refractivity contribution in [3.8, 4) is 0 Å². The van der Waals surface area contributed by atoms with Crippen molar-refractivity contribution in [2.45, 2.75) is 129 Å². The Morgan fingerprint density at radius 2 is 0.553 bits per heavy atom. The van der Waals surface area contributed by atoms with Crippen LogP contribution in [0.2, 0.25) is 0 Å². The summed E-state index contributed by atoms with van der Waals surface area (Å²) in [5, 5.41) is 4.94. The average Bonchev–Trinajstić information content (AvgIpc) is 0.977. The Morgan fingerprint density at radius 3 is 0.807 bits per heavy atom. The van der Waals surface area contributed by atoms with Gasteiger partial charge < -0.3 is 52.1 Å². The zero-order valence-electron chi connectivity index (χ0n) is 54.6. The highest BCUT2D eigenvalue weighted by Crippen LogP contribution is 2.20. The van der Waals surface area contributed by atoms with Crippen molar-refractivity contribution >= 4 is 118 Å². The summed E-state index contributed by atoms with van der Waals surface area (Å²) in [7, 11) is 0. The normalized spacial score (nSPS) is 9.25. The summed E-state index contributed by atoms with van der Waals surface area (Å²) in [5.74, 6) is -5.56. The van der Waals surface area contributed by atoms with E-state index in [1.54, 1.807) is 0 Å². The fraction of sp³-hybridized carbons (Fsp3) is 0.383. The molecule has 628 valence electrons. The molecule has 0 saturated carbocycles. The molecular weight excluding hydrogens is 1490 g/mol. The Bertz CT molecular complexity index is 3830. The van der Waals surface area contributed by atoms with Crippen molar-refractivity contribution in [3.63, 3.8) is 0 Å². The molecule has 0 unspecified atom stereocenters. The number of isocyanates is 3. The number of aliphatic imine (C=N–C) groups is 3. The Kier molecular flexibility index (Phi) is 66.9. The summed E-state index contributed by atoms with van der Waals surface area (Å²) in [5.41, 5.74) is 2.95. The second-order valence-corrected chi connectivity index (χ2v) is 20.3. The fourth-order valence-corrected chi connectivity index (χ4v) is 7.86. The van der Waals surface area contributed by atoms with E-state index in [0.717, 1.165) is 0 Å². The number of nitrogens with one attached hydrogen (secondary N) is 2. The lowest BCUT2D eigenvalue weighted by Gasteiger charge is -2.12. The van der Waals surface area contributed by atoms with Crippen molar-refractivity contribution in [3.05, 3.63) is 184 Å². The summed E-state index contributed by atoms with van der Waals surface area (Å²) in [6.07, 6.45) is 3.49. The highest BCUT2D eigenvalue weighted by atomic mass is 16.8. The van der Waals surface area contributed by atoms with Gasteiger partial charge in [0.2, 0.25) is 18.2 Å². The molecule has 33 nitrogen and oxygen atoms in total. The van der Waals surface area contributed by atoms with Gasteiger partial charge in [0.05, 0.1) is 55.3 Å². The number of hydrogen-bond donors (Lipinski definition) is 2. The van der Waals surface area contributed by atoms with Crippen LogP contribution in [0.25, 0.3) is 0 Å². The van der Waals surface area contributed by atoms with E-state index in [9.17, 15) is 72.0 Å². The van der Waals surface area contributed by atoms with Crippen molar-refractivity contribution in [1.29, 1.82) is 0 Å². The molecule has 0 radical (unpaired) electrons. The number of hydrogen-bond acceptors (Lipinski definition) is 30. The van der Waals surface area contributed by atoms with Gasteiger partial charge in [-0.3, -0.25) is 25.0 Å². The smallest absolute Gasteiger partial charge is 0.411 e. The highest BCUT2D eigenvalue weighted by molar-refractivity contribution is 5.94. The Labute approximate surface area is 667 Å². The number of amides is 2. The molecule has 6 aromatic carbocycles. The van der Waals surface area contributed by atoms with Gasteiger partial charge in [0.1, 0.15) is 72.7 Å². The van der Waals surface area contributed by atoms with Crippen LogP contribution in [0, 0.1) is 10.8 Å². The molecule has 2 N–H and O–H groups in total. The standard InChI is InChI=1S/C48H46N4O18.C21H19N2O9.12CH4/c1-32(2-20-41(55)63-22-28-69-47(61)51-39-16-8-35(9-17-39)45(59)67-26-24-65-43(57)33-4-12-37(13-5-33)49-30-53)3-21-42(56)64-23-29-70-48(62)52-40-18-10-36(11-19-40)46(60)68-27-25-66-44(58)34-6-14-38(15-7-34)50-31-54;1-15(25)29-12-13-32-23(28)19-8-4-17(5-9-19)21(27)31-11-10-30-20(26)16-2-6-18(7-3-16)22-14-24;;;;;;;;;;;;/h4-19,32H,2-3,20-29H2,1H3,(H,51,61)(H,52,62);2-9H,10-13H2,1H3;12*1H4/q;+1;;;;;;;;;;;;. The maximum absolute atomic E-state index is 12.3. The molecule has 6 aromatic rings. The molecule has 33 heteroatoms. The van der Waals surface area contributed by atoms with E-state index in [1.165, 1.54) is 171 Å². The Hall–Kier alpha value is -13.4. The number of rotatable bonds is 37. The van der Waals surface area contributed by atoms with Crippen LogP contribution < -0.4 is 10.6 Å². The molecule has 0 saturated heterocycles. The molecule has 0 aliphatic rings. The zero-order chi connectivity index (χ0) is 73.9. The van der Waals surface area contributed by atoms with Crippen molar-refractivity contribution < 1.29 is 129 Å². The summed E-state index contributed by atoms with van der Waals surface area (Å²) in [6, 6.07) is 34.1. The topological polar surface area (TPSA) is 431 Å². The maximum Gasteiger partial charge on any atom is 0.411 e. The van der Waals surface area contributed by atoms with Crippen LogP contribution in [0.1, 0.15) is 191 Å². The summed E-state index contributed by atoms with van der Waals surface area (Å²) < 4.78 is 55.3. The minimum absolute atomic E-state index is 0. The molecule has 0 heterocycles. The first-order chi connectivity index (χ1) is 49.2. The lowest BCUT2D eigenvalue weighted by Crippen LogP contribution is -2.19. The summed E-state index contributed by atoms with van der Waals surface area (Å²) in [4.78, 5) is 190. The second-order valence-electron chi connectivity index (χ2n) is 20.3. The van der Waals surface area contributed by atoms with Gasteiger partial charge in [0.25, 0.3) is 4.92 Å². The highest BCUT2D eigenvalue weighted by Gasteiger charge is 2.20. The molecule has 0 aromatic heterocycles. The van der Waals surface area contributed by atoms with Gasteiger partial charge in [-0.05, 0) is 152 Å². The van der Waals surface area contributed by atoms with Gasteiger partial charge in [0, 0.05) is 43.3 Å². The van der Waals surface area contributed by atoms with E-state index in [-0.39, 0.29) is 231 Å². The first-order valence-corrected chi connectivity index (χ1v) is 30.5. The van der Waals surface area contributed by atoms with E-state index in [4.69, 9.17) is 52.2 Å². The maximum atomic E-state index is 12.3. The molecule has 114 heavy (non-hydrogen) atoms. The van der Waals surface area contributed by atoms with E-state index < -0.39 is 65.9 Å². The largest absolute Gasteiger partial charge is 0.462 e. The fourth-order valence-electron chi connectivity index (χ4n) is 7.86. The Balaban J connectivity index is -0.000000364. The number of nitrogens with zero attached hydrogens (tertiary/aromatic N) is 4. The molecule has 0 spiro atoms. The van der Waals surface area contributed by atoms with Crippen LogP contribution in [0.4, 0.5) is 43.7 Å². The number of esters is 9. The molecule has 6 rings (SSSR count). The predicted molar refractivity (Wildman–Crippen MR) is 430 cm³/mol. The summed E-state index contributed by atoms with van der Waals surface area (Å²) in [6.45, 7) is 0.899. The van der Waals surface area contributed by atoms with Gasteiger partial charge in [-0.1, -0.05) is 96.0 Å². The number of carbonyl (C=O) groups excluding carboxylic acids is 14. The van der Waals surface area contributed by atoms with Gasteiger partial charge in [-0.2, -0.15) is 15.0 Å². The monoisotopic (exact) mass is 1600 g/mol. The van der Waals surface area contributed by atoms with Crippen molar-refractivity contribution in [1.82, 2.24) is 0 Å². The lowest BCUT2D eigenvalue weighted by atomic mass is 10.00. The third kappa shape index (κ3) is 45.6. The van der Waals surface area contributed by atoms with Crippen LogP contribution >= 0.6 is 0 Å². The number of ether oxygens (including phenoxy) is 11. The first-order valence-electron chi connectivity index (χ1n) is 30.5. The van der Waals surface area contributed by atoms with Gasteiger partial charge in [0.15, 0.2) is 6.61 Å². The van der Waals surface area contributed by atoms with E-state index in [1.807, 2.05) is 6.92 Å². The third-order valence-electron chi connectivity index (χ3n) is 13.0. The average molecular weight is 1600 g/mol. The molecule has 0 atom stereocenters. The predicted octanol–water partition coefficient (Wildman–Crippen LogP) is 16.9. The molecular formula is C81H113N6O27+. The van der Waals surface area contributed by atoms with E-state index in [0.29, 0.717) is 41.3 Å². The number of carbonyl (C=O) groups is 11. The van der Waals surface area contributed by atoms with Gasteiger partial charge in [-0.25, -0.2) is 57.6 Å². The van der Waals surface area contributed by atoms with Crippen molar-refractivity contribution in [2.24, 2.45) is 20.9 Å². The van der Waals surface area contributed by atoms with Gasteiger partial charge >= 0.3 is 71.6 Å². The minimum atomic E-state index is -0.827. The van der Waals surface area contributed by atoms with Crippen LogP contribution in [0.5, 0.6) is 0 Å². The van der Waals surface area contributed by atoms with Crippen LogP contribution in [-0.4, -0.2) is 168 Å². The molecule has 0 bridgehead atoms. The van der Waals surface area contributed by atoms with Crippen molar-refractivity contribution in [2.75, 3.05) is 89.9 Å². The van der Waals surface area contributed by atoms with Crippen LogP contribution in [-0.2, 0) is 85.7 Å². The zero-order valence-corrected chi connectivity index (χ0v) is 54.6. The van der Waals surface area contributed by atoms with Gasteiger partial charge in [-0.15, -0.1) is 0 Å². The molecule has 0 aliphatic carbocycles. The number of benzene rings is 6. The molecule has 0 fully saturated rings.